The van der Waals surface area contributed by atoms with Gasteiger partial charge in [-0.05, 0) is 31.1 Å². The summed E-state index contributed by atoms with van der Waals surface area (Å²) in [6.07, 6.45) is 10.9. The monoisotopic (exact) mass is 251 g/mol. The van der Waals surface area contributed by atoms with Crippen LogP contribution in [0.25, 0.3) is 0 Å². The van der Waals surface area contributed by atoms with Gasteiger partial charge in [-0.25, -0.2) is 0 Å². The van der Waals surface area contributed by atoms with E-state index in [1.54, 1.807) is 0 Å². The van der Waals surface area contributed by atoms with Crippen molar-refractivity contribution in [3.05, 3.63) is 0 Å². The lowest BCUT2D eigenvalue weighted by Gasteiger charge is -2.30. The van der Waals surface area contributed by atoms with E-state index in [2.05, 4.69) is 22.5 Å². The fraction of sp³-hybridized carbons (Fsp3) is 0.933. The van der Waals surface area contributed by atoms with Gasteiger partial charge in [0.05, 0.1) is 0 Å². The molecule has 0 bridgehead atoms. The number of aliphatic imine (C=N–C) groups is 1. The Bertz CT molecular complexity index is 271. The smallest absolute Gasteiger partial charge is 0.191 e. The standard InChI is InChI=1S/C15H29N3/c1-3-12-5-4-6-14(11-12)18-15(16-2)17-10-9-13-7-8-13/h12-14H,3-11H2,1-2H3,(H2,16,17,18). The number of guanidine groups is 1. The third-order valence-electron chi connectivity index (χ3n) is 4.47. The first-order valence-corrected chi connectivity index (χ1v) is 7.79. The molecule has 3 nitrogen and oxygen atoms in total. The second-order valence-electron chi connectivity index (χ2n) is 6.01. The molecule has 2 aliphatic carbocycles. The zero-order valence-electron chi connectivity index (χ0n) is 12.0. The van der Waals surface area contributed by atoms with E-state index in [-0.39, 0.29) is 0 Å². The molecule has 2 rings (SSSR count). The largest absolute Gasteiger partial charge is 0.356 e. The molecule has 0 spiro atoms. The molecule has 0 radical (unpaired) electrons. The normalized spacial score (nSPS) is 29.1. The Hall–Kier alpha value is -0.730. The Labute approximate surface area is 112 Å². The van der Waals surface area contributed by atoms with Crippen LogP contribution in [-0.4, -0.2) is 25.6 Å². The second kappa shape index (κ2) is 7.01. The lowest BCUT2D eigenvalue weighted by molar-refractivity contribution is 0.298. The second-order valence-corrected chi connectivity index (χ2v) is 6.01. The molecule has 2 N–H and O–H groups in total. The summed E-state index contributed by atoms with van der Waals surface area (Å²) in [5, 5.41) is 7.06. The molecule has 0 heterocycles. The van der Waals surface area contributed by atoms with Gasteiger partial charge in [0.1, 0.15) is 0 Å². The number of nitrogens with zero attached hydrogens (tertiary/aromatic N) is 1. The van der Waals surface area contributed by atoms with Crippen LogP contribution in [0.4, 0.5) is 0 Å². The zero-order valence-corrected chi connectivity index (χ0v) is 12.0. The molecule has 0 aromatic carbocycles. The number of nitrogens with one attached hydrogen (secondary N) is 2. The van der Waals surface area contributed by atoms with Crippen molar-refractivity contribution in [2.45, 2.75) is 64.3 Å². The van der Waals surface area contributed by atoms with Crippen LogP contribution in [0.15, 0.2) is 4.99 Å². The Morgan fingerprint density at radius 2 is 2.00 bits per heavy atom. The first-order valence-electron chi connectivity index (χ1n) is 7.79. The minimum atomic E-state index is 0.635. The number of rotatable bonds is 5. The van der Waals surface area contributed by atoms with Crippen molar-refractivity contribution in [3.63, 3.8) is 0 Å². The van der Waals surface area contributed by atoms with E-state index >= 15 is 0 Å². The van der Waals surface area contributed by atoms with Crippen molar-refractivity contribution in [3.8, 4) is 0 Å². The Morgan fingerprint density at radius 3 is 2.67 bits per heavy atom. The molecule has 2 atom stereocenters. The van der Waals surface area contributed by atoms with Crippen molar-refractivity contribution < 1.29 is 0 Å². The minimum absolute atomic E-state index is 0.635. The molecular weight excluding hydrogens is 222 g/mol. The van der Waals surface area contributed by atoms with Crippen LogP contribution in [0.5, 0.6) is 0 Å². The van der Waals surface area contributed by atoms with Crippen LogP contribution in [0, 0.1) is 11.8 Å². The summed E-state index contributed by atoms with van der Waals surface area (Å²) in [6.45, 7) is 3.39. The van der Waals surface area contributed by atoms with Gasteiger partial charge in [0, 0.05) is 19.6 Å². The van der Waals surface area contributed by atoms with Crippen molar-refractivity contribution in [2.75, 3.05) is 13.6 Å². The third kappa shape index (κ3) is 4.51. The van der Waals surface area contributed by atoms with E-state index in [0.29, 0.717) is 6.04 Å². The summed E-state index contributed by atoms with van der Waals surface area (Å²) in [4.78, 5) is 4.34. The SMILES string of the molecule is CCC1CCCC(NC(=NC)NCCC2CC2)C1. The molecule has 2 saturated carbocycles. The van der Waals surface area contributed by atoms with Crippen LogP contribution in [-0.2, 0) is 0 Å². The first kappa shape index (κ1) is 13.7. The van der Waals surface area contributed by atoms with Gasteiger partial charge in [0.25, 0.3) is 0 Å². The van der Waals surface area contributed by atoms with Crippen LogP contribution in [0.1, 0.15) is 58.3 Å². The van der Waals surface area contributed by atoms with Crippen molar-refractivity contribution >= 4 is 5.96 Å². The summed E-state index contributed by atoms with van der Waals surface area (Å²) >= 11 is 0. The molecule has 3 heteroatoms. The lowest BCUT2D eigenvalue weighted by atomic mass is 9.84. The third-order valence-corrected chi connectivity index (χ3v) is 4.47. The summed E-state index contributed by atoms with van der Waals surface area (Å²) in [7, 11) is 1.88. The molecular formula is C15H29N3. The fourth-order valence-electron chi connectivity index (χ4n) is 2.98. The Morgan fingerprint density at radius 1 is 1.17 bits per heavy atom. The van der Waals surface area contributed by atoms with Gasteiger partial charge >= 0.3 is 0 Å². The van der Waals surface area contributed by atoms with Crippen molar-refractivity contribution in [1.29, 1.82) is 0 Å². The van der Waals surface area contributed by atoms with E-state index in [1.807, 2.05) is 7.05 Å². The topological polar surface area (TPSA) is 36.4 Å². The first-order chi connectivity index (χ1) is 8.81. The minimum Gasteiger partial charge on any atom is -0.356 e. The number of hydrogen-bond donors (Lipinski definition) is 2. The highest BCUT2D eigenvalue weighted by Crippen LogP contribution is 2.31. The van der Waals surface area contributed by atoms with Gasteiger partial charge in [-0.15, -0.1) is 0 Å². The van der Waals surface area contributed by atoms with Crippen LogP contribution in [0.3, 0.4) is 0 Å². The summed E-state index contributed by atoms with van der Waals surface area (Å²) in [5.74, 6) is 2.92. The van der Waals surface area contributed by atoms with Gasteiger partial charge in [-0.3, -0.25) is 4.99 Å². The molecule has 2 aliphatic rings. The molecule has 2 fully saturated rings. The predicted octanol–water partition coefficient (Wildman–Crippen LogP) is 2.92. The summed E-state index contributed by atoms with van der Waals surface area (Å²) in [6, 6.07) is 0.635. The molecule has 0 aliphatic heterocycles. The van der Waals surface area contributed by atoms with E-state index in [1.165, 1.54) is 51.4 Å². The summed E-state index contributed by atoms with van der Waals surface area (Å²) in [5.41, 5.74) is 0. The van der Waals surface area contributed by atoms with E-state index in [4.69, 9.17) is 0 Å². The predicted molar refractivity (Wildman–Crippen MR) is 77.9 cm³/mol. The quantitative estimate of drug-likeness (QED) is 0.582. The van der Waals surface area contributed by atoms with Gasteiger partial charge in [0.2, 0.25) is 0 Å². The average Bonchev–Trinajstić information content (AvgIpc) is 3.22. The van der Waals surface area contributed by atoms with Crippen molar-refractivity contribution in [2.24, 2.45) is 16.8 Å². The maximum atomic E-state index is 4.34. The van der Waals surface area contributed by atoms with Crippen LogP contribution < -0.4 is 10.6 Å². The van der Waals surface area contributed by atoms with Gasteiger partial charge in [-0.1, -0.05) is 39.0 Å². The van der Waals surface area contributed by atoms with Gasteiger partial charge in [0.15, 0.2) is 5.96 Å². The molecule has 18 heavy (non-hydrogen) atoms. The number of hydrogen-bond acceptors (Lipinski definition) is 1. The van der Waals surface area contributed by atoms with Crippen LogP contribution in [0.2, 0.25) is 0 Å². The zero-order chi connectivity index (χ0) is 12.8. The maximum absolute atomic E-state index is 4.34. The van der Waals surface area contributed by atoms with Crippen LogP contribution >= 0.6 is 0 Å². The van der Waals surface area contributed by atoms with Crippen molar-refractivity contribution in [1.82, 2.24) is 10.6 Å². The summed E-state index contributed by atoms with van der Waals surface area (Å²) < 4.78 is 0. The van der Waals surface area contributed by atoms with Gasteiger partial charge in [-0.2, -0.15) is 0 Å². The molecule has 0 amide bonds. The lowest BCUT2D eigenvalue weighted by Crippen LogP contribution is -2.45. The Balaban J connectivity index is 1.67. The molecule has 2 unspecified atom stereocenters. The highest BCUT2D eigenvalue weighted by Gasteiger charge is 2.22. The van der Waals surface area contributed by atoms with E-state index in [9.17, 15) is 0 Å². The molecule has 0 saturated heterocycles. The fourth-order valence-corrected chi connectivity index (χ4v) is 2.98. The Kier molecular flexibility index (Phi) is 5.33. The van der Waals surface area contributed by atoms with E-state index in [0.717, 1.165) is 24.3 Å². The van der Waals surface area contributed by atoms with Gasteiger partial charge < -0.3 is 10.6 Å². The van der Waals surface area contributed by atoms with E-state index < -0.39 is 0 Å². The highest BCUT2D eigenvalue weighted by molar-refractivity contribution is 5.79. The molecule has 104 valence electrons. The molecule has 0 aromatic rings. The highest BCUT2D eigenvalue weighted by atomic mass is 15.2. The molecule has 0 aromatic heterocycles. The average molecular weight is 251 g/mol. The maximum Gasteiger partial charge on any atom is 0.191 e.